The zero-order chi connectivity index (χ0) is 21.6. The van der Waals surface area contributed by atoms with Gasteiger partial charge in [-0.3, -0.25) is 0 Å². The van der Waals surface area contributed by atoms with Crippen molar-refractivity contribution in [3.8, 4) is 5.75 Å². The van der Waals surface area contributed by atoms with E-state index in [1.807, 2.05) is 0 Å². The number of aryl methyl sites for hydroxylation is 1. The normalized spacial score (nSPS) is 13.8. The molecule has 1 unspecified atom stereocenters. The van der Waals surface area contributed by atoms with E-state index in [9.17, 15) is 35.2 Å². The van der Waals surface area contributed by atoms with E-state index in [1.165, 1.54) is 14.0 Å². The first-order valence-electron chi connectivity index (χ1n) is 8.02. The van der Waals surface area contributed by atoms with Gasteiger partial charge < -0.3 is 9.47 Å². The molecule has 1 aromatic rings. The summed E-state index contributed by atoms with van der Waals surface area (Å²) in [4.78, 5) is 11.8. The van der Waals surface area contributed by atoms with E-state index in [2.05, 4.69) is 8.92 Å². The van der Waals surface area contributed by atoms with Crippen LogP contribution >= 0.6 is 0 Å². The van der Waals surface area contributed by atoms with Crippen LogP contribution in [0.25, 0.3) is 0 Å². The topological polar surface area (TPSA) is 78.9 Å². The van der Waals surface area contributed by atoms with Crippen molar-refractivity contribution in [1.82, 2.24) is 0 Å². The average Bonchev–Trinajstić information content (AvgIpc) is 2.60. The standard InChI is InChI=1S/C16H19F5O6S/c1-3-26-14(22)13(27-28(23,24)16(20,21)15(17,18)19)6-4-5-11-7-9-12(25-2)10-8-11/h7-10,13H,3-6H2,1-2H3. The molecular weight excluding hydrogens is 415 g/mol. The number of rotatable bonds is 10. The van der Waals surface area contributed by atoms with Crippen molar-refractivity contribution in [3.63, 3.8) is 0 Å². The largest absolute Gasteiger partial charge is 0.497 e. The summed E-state index contributed by atoms with van der Waals surface area (Å²) < 4.78 is 99.6. The van der Waals surface area contributed by atoms with Crippen LogP contribution < -0.4 is 4.74 Å². The Morgan fingerprint density at radius 1 is 1.11 bits per heavy atom. The molecule has 0 aliphatic carbocycles. The van der Waals surface area contributed by atoms with Gasteiger partial charge in [0.1, 0.15) is 5.75 Å². The number of ether oxygens (including phenoxy) is 2. The van der Waals surface area contributed by atoms with Gasteiger partial charge in [-0.15, -0.1) is 0 Å². The fourth-order valence-electron chi connectivity index (χ4n) is 2.08. The second-order valence-corrected chi connectivity index (χ2v) is 7.16. The quantitative estimate of drug-likeness (QED) is 0.319. The number of carbonyl (C=O) groups is 1. The van der Waals surface area contributed by atoms with E-state index < -0.39 is 40.0 Å². The molecule has 0 saturated carbocycles. The summed E-state index contributed by atoms with van der Waals surface area (Å²) in [5.74, 6) is -0.768. The molecule has 1 aromatic carbocycles. The average molecular weight is 434 g/mol. The first-order chi connectivity index (χ1) is 12.9. The Kier molecular flexibility index (Phi) is 8.17. The Bertz CT molecular complexity index is 746. The van der Waals surface area contributed by atoms with Crippen molar-refractivity contribution >= 4 is 16.1 Å². The van der Waals surface area contributed by atoms with Gasteiger partial charge >= 0.3 is 27.5 Å². The molecule has 0 amide bonds. The lowest BCUT2D eigenvalue weighted by atomic mass is 10.1. The summed E-state index contributed by atoms with van der Waals surface area (Å²) in [5, 5.41) is -6.17. The lowest BCUT2D eigenvalue weighted by Gasteiger charge is -2.22. The number of alkyl halides is 5. The van der Waals surface area contributed by atoms with Gasteiger partial charge in [0.25, 0.3) is 0 Å². The van der Waals surface area contributed by atoms with E-state index in [4.69, 9.17) is 4.74 Å². The van der Waals surface area contributed by atoms with E-state index in [-0.39, 0.29) is 19.4 Å². The number of carbonyl (C=O) groups excluding carboxylic acids is 1. The lowest BCUT2D eigenvalue weighted by Crippen LogP contribution is -2.47. The van der Waals surface area contributed by atoms with Gasteiger partial charge in [0.2, 0.25) is 0 Å². The molecule has 0 spiro atoms. The fraction of sp³-hybridized carbons (Fsp3) is 0.562. The Hall–Kier alpha value is -1.95. The third-order valence-corrected chi connectivity index (χ3v) is 4.87. The van der Waals surface area contributed by atoms with Gasteiger partial charge in [-0.05, 0) is 43.9 Å². The van der Waals surface area contributed by atoms with Gasteiger partial charge in [0.15, 0.2) is 6.10 Å². The van der Waals surface area contributed by atoms with Crippen LogP contribution in [0.4, 0.5) is 22.0 Å². The molecule has 160 valence electrons. The van der Waals surface area contributed by atoms with Crippen LogP contribution in [0, 0.1) is 0 Å². The molecule has 1 atom stereocenters. The summed E-state index contributed by atoms with van der Waals surface area (Å²) in [6.45, 7) is 1.11. The molecule has 0 saturated heterocycles. The zero-order valence-electron chi connectivity index (χ0n) is 15.0. The molecule has 0 bridgehead atoms. The molecule has 0 radical (unpaired) electrons. The highest BCUT2D eigenvalue weighted by atomic mass is 32.2. The highest BCUT2D eigenvalue weighted by Gasteiger charge is 2.69. The van der Waals surface area contributed by atoms with Crippen LogP contribution in [-0.2, 0) is 30.3 Å². The third kappa shape index (κ3) is 6.03. The van der Waals surface area contributed by atoms with E-state index in [0.29, 0.717) is 5.75 Å². The van der Waals surface area contributed by atoms with Crippen LogP contribution in [0.15, 0.2) is 24.3 Å². The number of esters is 1. The number of methoxy groups -OCH3 is 1. The molecule has 12 heteroatoms. The van der Waals surface area contributed by atoms with Crippen LogP contribution in [0.2, 0.25) is 0 Å². The number of halogens is 5. The van der Waals surface area contributed by atoms with Gasteiger partial charge in [0, 0.05) is 0 Å². The Morgan fingerprint density at radius 2 is 1.68 bits per heavy atom. The van der Waals surface area contributed by atoms with Crippen molar-refractivity contribution in [2.45, 2.75) is 43.7 Å². The summed E-state index contributed by atoms with van der Waals surface area (Å²) in [6, 6.07) is 6.63. The SMILES string of the molecule is CCOC(=O)C(CCCc1ccc(OC)cc1)OS(=O)(=O)C(F)(F)C(F)(F)F. The Balaban J connectivity index is 2.87. The van der Waals surface area contributed by atoms with Crippen LogP contribution in [0.3, 0.4) is 0 Å². The van der Waals surface area contributed by atoms with Crippen molar-refractivity contribution < 1.29 is 48.8 Å². The molecular formula is C16H19F5O6S. The van der Waals surface area contributed by atoms with Gasteiger partial charge in [-0.2, -0.15) is 30.4 Å². The molecule has 28 heavy (non-hydrogen) atoms. The molecule has 0 N–H and O–H groups in total. The minimum Gasteiger partial charge on any atom is -0.497 e. The molecule has 0 aliphatic rings. The number of benzene rings is 1. The first-order valence-corrected chi connectivity index (χ1v) is 9.43. The highest BCUT2D eigenvalue weighted by Crippen LogP contribution is 2.41. The monoisotopic (exact) mass is 434 g/mol. The van der Waals surface area contributed by atoms with E-state index in [0.717, 1.165) is 5.56 Å². The molecule has 0 aliphatic heterocycles. The number of hydrogen-bond acceptors (Lipinski definition) is 6. The molecule has 0 heterocycles. The Labute approximate surface area is 158 Å². The van der Waals surface area contributed by atoms with Gasteiger partial charge in [-0.25, -0.2) is 8.98 Å². The van der Waals surface area contributed by atoms with Crippen molar-refractivity contribution in [1.29, 1.82) is 0 Å². The zero-order valence-corrected chi connectivity index (χ0v) is 15.8. The smallest absolute Gasteiger partial charge is 0.472 e. The highest BCUT2D eigenvalue weighted by molar-refractivity contribution is 7.87. The summed E-state index contributed by atoms with van der Waals surface area (Å²) in [7, 11) is -4.99. The Morgan fingerprint density at radius 3 is 2.14 bits per heavy atom. The van der Waals surface area contributed by atoms with E-state index in [1.54, 1.807) is 24.3 Å². The third-order valence-electron chi connectivity index (χ3n) is 3.53. The second-order valence-electron chi connectivity index (χ2n) is 5.55. The van der Waals surface area contributed by atoms with E-state index >= 15 is 0 Å². The predicted molar refractivity (Wildman–Crippen MR) is 87.4 cm³/mol. The van der Waals surface area contributed by atoms with Crippen LogP contribution in [0.1, 0.15) is 25.3 Å². The summed E-state index contributed by atoms with van der Waals surface area (Å²) in [5.41, 5.74) is 0.742. The second kappa shape index (κ2) is 9.50. The summed E-state index contributed by atoms with van der Waals surface area (Å²) in [6.07, 6.45) is -8.63. The summed E-state index contributed by atoms with van der Waals surface area (Å²) >= 11 is 0. The minimum atomic E-state index is -6.46. The lowest BCUT2D eigenvalue weighted by molar-refractivity contribution is -0.244. The molecule has 0 aromatic heterocycles. The number of hydrogen-bond donors (Lipinski definition) is 0. The first kappa shape index (κ1) is 24.1. The fourth-order valence-corrected chi connectivity index (χ4v) is 2.96. The van der Waals surface area contributed by atoms with Crippen molar-refractivity contribution in [2.24, 2.45) is 0 Å². The van der Waals surface area contributed by atoms with Crippen LogP contribution in [-0.4, -0.2) is 45.6 Å². The maximum atomic E-state index is 13.2. The molecule has 1 rings (SSSR count). The maximum absolute atomic E-state index is 13.2. The van der Waals surface area contributed by atoms with Gasteiger partial charge in [0.05, 0.1) is 13.7 Å². The predicted octanol–water partition coefficient (Wildman–Crippen LogP) is 3.45. The van der Waals surface area contributed by atoms with Crippen molar-refractivity contribution in [3.05, 3.63) is 29.8 Å². The van der Waals surface area contributed by atoms with Crippen molar-refractivity contribution in [2.75, 3.05) is 13.7 Å². The van der Waals surface area contributed by atoms with Gasteiger partial charge in [-0.1, -0.05) is 12.1 Å². The maximum Gasteiger partial charge on any atom is 0.472 e. The molecule has 0 fully saturated rings. The van der Waals surface area contributed by atoms with Crippen LogP contribution in [0.5, 0.6) is 5.75 Å². The minimum absolute atomic E-state index is 0.0585. The molecule has 6 nitrogen and oxygen atoms in total.